The van der Waals surface area contributed by atoms with E-state index in [1.54, 1.807) is 0 Å². The van der Waals surface area contributed by atoms with E-state index in [2.05, 4.69) is 33.0 Å². The van der Waals surface area contributed by atoms with Crippen molar-refractivity contribution in [3.05, 3.63) is 11.3 Å². The summed E-state index contributed by atoms with van der Waals surface area (Å²) in [5.74, 6) is 1.20. The zero-order valence-corrected chi connectivity index (χ0v) is 9.63. The predicted molar refractivity (Wildman–Crippen MR) is 58.0 cm³/mol. The molecule has 0 spiro atoms. The number of hydrogen-bond acceptors (Lipinski definition) is 2. The molecule has 1 saturated heterocycles. The topological polar surface area (TPSA) is 21.3 Å². The van der Waals surface area contributed by atoms with Crippen LogP contribution in [0, 0.1) is 11.8 Å². The van der Waals surface area contributed by atoms with Gasteiger partial charge in [0, 0.05) is 12.3 Å². The molecule has 2 atom stereocenters. The van der Waals surface area contributed by atoms with Crippen LogP contribution in [0.3, 0.4) is 0 Å². The van der Waals surface area contributed by atoms with Crippen molar-refractivity contribution >= 4 is 0 Å². The fourth-order valence-corrected chi connectivity index (χ4v) is 2.62. The summed E-state index contributed by atoms with van der Waals surface area (Å²) in [4.78, 5) is 0. The molecule has 0 saturated carbocycles. The van der Waals surface area contributed by atoms with Crippen molar-refractivity contribution in [2.45, 2.75) is 46.3 Å². The molecule has 0 bridgehead atoms. The lowest BCUT2D eigenvalue weighted by atomic mass is 9.93. The highest BCUT2D eigenvalue weighted by atomic mass is 16.5. The summed E-state index contributed by atoms with van der Waals surface area (Å²) in [5.41, 5.74) is 2.96. The Bertz CT molecular complexity index is 255. The highest BCUT2D eigenvalue weighted by molar-refractivity contribution is 5.30. The first kappa shape index (κ1) is 10.0. The molecule has 2 heteroatoms. The van der Waals surface area contributed by atoms with E-state index in [-0.39, 0.29) is 0 Å². The zero-order chi connectivity index (χ0) is 10.3. The Balaban J connectivity index is 2.28. The van der Waals surface area contributed by atoms with Gasteiger partial charge in [0.1, 0.15) is 6.10 Å². The molecular formula is C12H21NO. The van der Waals surface area contributed by atoms with Gasteiger partial charge in [0.15, 0.2) is 0 Å². The SMILES string of the molecule is CC(C)C1=C(C(C)C)C2OCCC2N1. The first-order valence-electron chi connectivity index (χ1n) is 5.73. The molecule has 2 nitrogen and oxygen atoms in total. The second kappa shape index (κ2) is 3.58. The second-order valence-corrected chi connectivity index (χ2v) is 5.01. The lowest BCUT2D eigenvalue weighted by Gasteiger charge is -2.17. The van der Waals surface area contributed by atoms with Gasteiger partial charge < -0.3 is 10.1 Å². The monoisotopic (exact) mass is 195 g/mol. The highest BCUT2D eigenvalue weighted by Gasteiger charge is 2.40. The number of allylic oxidation sites excluding steroid dienone is 1. The minimum atomic E-state index is 0.368. The molecule has 0 aromatic carbocycles. The molecule has 1 N–H and O–H groups in total. The number of ether oxygens (including phenoxy) is 1. The van der Waals surface area contributed by atoms with Gasteiger partial charge in [-0.3, -0.25) is 0 Å². The Morgan fingerprint density at radius 1 is 1.21 bits per heavy atom. The lowest BCUT2D eigenvalue weighted by molar-refractivity contribution is 0.128. The predicted octanol–water partition coefficient (Wildman–Crippen LogP) is 2.31. The van der Waals surface area contributed by atoms with Gasteiger partial charge in [-0.2, -0.15) is 0 Å². The highest BCUT2D eigenvalue weighted by Crippen LogP contribution is 2.36. The van der Waals surface area contributed by atoms with Crippen LogP contribution in [-0.2, 0) is 4.74 Å². The van der Waals surface area contributed by atoms with E-state index in [1.807, 2.05) is 0 Å². The van der Waals surface area contributed by atoms with Crippen molar-refractivity contribution in [2.24, 2.45) is 11.8 Å². The van der Waals surface area contributed by atoms with Crippen LogP contribution in [0.1, 0.15) is 34.1 Å². The van der Waals surface area contributed by atoms with Gasteiger partial charge in [-0.05, 0) is 23.8 Å². The molecule has 0 amide bonds. The molecule has 2 rings (SSSR count). The smallest absolute Gasteiger partial charge is 0.101 e. The van der Waals surface area contributed by atoms with Gasteiger partial charge in [0.05, 0.1) is 6.04 Å². The van der Waals surface area contributed by atoms with Crippen molar-refractivity contribution in [3.63, 3.8) is 0 Å². The quantitative estimate of drug-likeness (QED) is 0.730. The molecule has 80 valence electrons. The number of fused-ring (bicyclic) bond motifs is 1. The van der Waals surface area contributed by atoms with E-state index in [1.165, 1.54) is 11.3 Å². The third kappa shape index (κ3) is 1.46. The molecule has 0 aromatic heterocycles. The Morgan fingerprint density at radius 2 is 1.93 bits per heavy atom. The second-order valence-electron chi connectivity index (χ2n) is 5.01. The van der Waals surface area contributed by atoms with Crippen LogP contribution < -0.4 is 5.32 Å². The van der Waals surface area contributed by atoms with E-state index < -0.39 is 0 Å². The number of nitrogens with one attached hydrogen (secondary N) is 1. The molecule has 2 unspecified atom stereocenters. The molecule has 2 aliphatic heterocycles. The third-order valence-electron chi connectivity index (χ3n) is 3.25. The average molecular weight is 195 g/mol. The average Bonchev–Trinajstić information content (AvgIpc) is 2.58. The van der Waals surface area contributed by atoms with Crippen LogP contribution in [0.4, 0.5) is 0 Å². The van der Waals surface area contributed by atoms with E-state index in [0.717, 1.165) is 13.0 Å². The number of hydrogen-bond donors (Lipinski definition) is 1. The van der Waals surface area contributed by atoms with Crippen molar-refractivity contribution in [3.8, 4) is 0 Å². The number of rotatable bonds is 2. The van der Waals surface area contributed by atoms with E-state index in [9.17, 15) is 0 Å². The third-order valence-corrected chi connectivity index (χ3v) is 3.25. The van der Waals surface area contributed by atoms with Crippen LogP contribution in [0.15, 0.2) is 11.3 Å². The first-order chi connectivity index (χ1) is 6.61. The summed E-state index contributed by atoms with van der Waals surface area (Å²) < 4.78 is 5.81. The Kier molecular flexibility index (Phi) is 2.56. The zero-order valence-electron chi connectivity index (χ0n) is 9.63. The van der Waals surface area contributed by atoms with Gasteiger partial charge in [-0.25, -0.2) is 0 Å². The maximum Gasteiger partial charge on any atom is 0.101 e. The van der Waals surface area contributed by atoms with Crippen LogP contribution in [0.2, 0.25) is 0 Å². The Hall–Kier alpha value is -0.500. The van der Waals surface area contributed by atoms with Crippen LogP contribution in [-0.4, -0.2) is 18.8 Å². The van der Waals surface area contributed by atoms with Gasteiger partial charge >= 0.3 is 0 Å². The van der Waals surface area contributed by atoms with Gasteiger partial charge in [-0.15, -0.1) is 0 Å². The van der Waals surface area contributed by atoms with Crippen LogP contribution in [0.5, 0.6) is 0 Å². The molecule has 0 aromatic rings. The summed E-state index contributed by atoms with van der Waals surface area (Å²) in [7, 11) is 0. The minimum Gasteiger partial charge on any atom is -0.382 e. The largest absolute Gasteiger partial charge is 0.382 e. The van der Waals surface area contributed by atoms with Gasteiger partial charge in [0.2, 0.25) is 0 Å². The maximum atomic E-state index is 5.81. The first-order valence-corrected chi connectivity index (χ1v) is 5.73. The standard InChI is InChI=1S/C12H21NO/c1-7(2)10-11(8(3)4)13-9-5-6-14-12(9)10/h7-9,12-13H,5-6H2,1-4H3. The Morgan fingerprint density at radius 3 is 2.50 bits per heavy atom. The summed E-state index contributed by atoms with van der Waals surface area (Å²) in [6.07, 6.45) is 1.53. The summed E-state index contributed by atoms with van der Waals surface area (Å²) in [6.45, 7) is 9.97. The fraction of sp³-hybridized carbons (Fsp3) is 0.833. The molecule has 2 aliphatic rings. The Labute approximate surface area is 86.7 Å². The van der Waals surface area contributed by atoms with Crippen molar-refractivity contribution in [1.82, 2.24) is 5.32 Å². The van der Waals surface area contributed by atoms with Crippen molar-refractivity contribution < 1.29 is 4.74 Å². The van der Waals surface area contributed by atoms with Gasteiger partial charge in [-0.1, -0.05) is 27.7 Å². The van der Waals surface area contributed by atoms with Crippen molar-refractivity contribution in [2.75, 3.05) is 6.61 Å². The maximum absolute atomic E-state index is 5.81. The molecule has 0 aliphatic carbocycles. The van der Waals surface area contributed by atoms with E-state index in [0.29, 0.717) is 24.0 Å². The minimum absolute atomic E-state index is 0.368. The fourth-order valence-electron chi connectivity index (χ4n) is 2.62. The van der Waals surface area contributed by atoms with Crippen LogP contribution >= 0.6 is 0 Å². The summed E-state index contributed by atoms with van der Waals surface area (Å²) in [6, 6.07) is 0.560. The van der Waals surface area contributed by atoms with Crippen LogP contribution in [0.25, 0.3) is 0 Å². The van der Waals surface area contributed by atoms with Gasteiger partial charge in [0.25, 0.3) is 0 Å². The molecule has 14 heavy (non-hydrogen) atoms. The van der Waals surface area contributed by atoms with E-state index >= 15 is 0 Å². The summed E-state index contributed by atoms with van der Waals surface area (Å²) in [5, 5.41) is 3.64. The van der Waals surface area contributed by atoms with E-state index in [4.69, 9.17) is 4.74 Å². The molecular weight excluding hydrogens is 174 g/mol. The normalized spacial score (nSPS) is 31.6. The lowest BCUT2D eigenvalue weighted by Crippen LogP contribution is -2.29. The molecule has 0 radical (unpaired) electrons. The summed E-state index contributed by atoms with van der Waals surface area (Å²) >= 11 is 0. The molecule has 2 heterocycles. The van der Waals surface area contributed by atoms with Crippen molar-refractivity contribution in [1.29, 1.82) is 0 Å². The molecule has 1 fully saturated rings.